The van der Waals surface area contributed by atoms with Crippen LogP contribution >= 0.6 is 0 Å². The lowest BCUT2D eigenvalue weighted by Gasteiger charge is -2.05. The average molecular weight is 296 g/mol. The van der Waals surface area contributed by atoms with E-state index in [1.165, 1.54) is 31.4 Å². The van der Waals surface area contributed by atoms with E-state index in [1.807, 2.05) is 6.07 Å². The first kappa shape index (κ1) is 15.3. The Labute approximate surface area is 127 Å². The molecule has 0 fully saturated rings. The molecule has 2 rings (SSSR count). The van der Waals surface area contributed by atoms with Crippen molar-refractivity contribution in [3.05, 3.63) is 65.5 Å². The first-order chi connectivity index (χ1) is 10.6. The van der Waals surface area contributed by atoms with E-state index < -0.39 is 11.7 Å². The molecule has 0 saturated heterocycles. The molecule has 110 valence electrons. The van der Waals surface area contributed by atoms with Gasteiger partial charge < -0.3 is 10.1 Å². The number of nitriles is 1. The smallest absolute Gasteiger partial charge is 0.266 e. The number of carbonyl (C=O) groups is 1. The van der Waals surface area contributed by atoms with Gasteiger partial charge in [-0.25, -0.2) is 4.39 Å². The highest BCUT2D eigenvalue weighted by molar-refractivity contribution is 6.09. The largest absolute Gasteiger partial charge is 0.497 e. The van der Waals surface area contributed by atoms with E-state index in [-0.39, 0.29) is 11.3 Å². The molecule has 0 unspecified atom stereocenters. The van der Waals surface area contributed by atoms with Crippen LogP contribution in [0.3, 0.4) is 0 Å². The van der Waals surface area contributed by atoms with Gasteiger partial charge in [0.05, 0.1) is 12.8 Å². The van der Waals surface area contributed by atoms with Crippen molar-refractivity contribution in [2.24, 2.45) is 0 Å². The van der Waals surface area contributed by atoms with E-state index in [0.717, 1.165) is 0 Å². The van der Waals surface area contributed by atoms with Crippen molar-refractivity contribution < 1.29 is 13.9 Å². The number of rotatable bonds is 4. The number of nitrogens with one attached hydrogen (secondary N) is 1. The lowest BCUT2D eigenvalue weighted by molar-refractivity contribution is -0.112. The summed E-state index contributed by atoms with van der Waals surface area (Å²) < 4.78 is 18.6. The summed E-state index contributed by atoms with van der Waals surface area (Å²) in [5.74, 6) is -0.620. The highest BCUT2D eigenvalue weighted by Gasteiger charge is 2.11. The zero-order valence-corrected chi connectivity index (χ0v) is 11.8. The van der Waals surface area contributed by atoms with Crippen LogP contribution in [0, 0.1) is 17.1 Å². The van der Waals surface area contributed by atoms with E-state index >= 15 is 0 Å². The highest BCUT2D eigenvalue weighted by atomic mass is 19.1. The van der Waals surface area contributed by atoms with Gasteiger partial charge in [0, 0.05) is 0 Å². The second-order valence-corrected chi connectivity index (χ2v) is 4.38. The number of halogens is 1. The minimum absolute atomic E-state index is 0.0271. The lowest BCUT2D eigenvalue weighted by atomic mass is 10.1. The number of anilines is 1. The van der Waals surface area contributed by atoms with Crippen molar-refractivity contribution in [3.8, 4) is 11.8 Å². The fourth-order valence-electron chi connectivity index (χ4n) is 1.80. The topological polar surface area (TPSA) is 62.1 Å². The molecule has 0 aliphatic rings. The number of para-hydroxylation sites is 1. The van der Waals surface area contributed by atoms with Crippen molar-refractivity contribution in [1.29, 1.82) is 5.26 Å². The van der Waals surface area contributed by atoms with Crippen LogP contribution in [0.4, 0.5) is 10.1 Å². The van der Waals surface area contributed by atoms with Gasteiger partial charge >= 0.3 is 0 Å². The Morgan fingerprint density at radius 1 is 1.27 bits per heavy atom. The Hall–Kier alpha value is -3.13. The summed E-state index contributed by atoms with van der Waals surface area (Å²) in [4.78, 5) is 12.1. The van der Waals surface area contributed by atoms with Crippen LogP contribution in [0.15, 0.2) is 54.1 Å². The maximum Gasteiger partial charge on any atom is 0.266 e. The van der Waals surface area contributed by atoms with Crippen molar-refractivity contribution in [2.75, 3.05) is 12.4 Å². The number of ether oxygens (including phenoxy) is 1. The molecule has 2 aromatic rings. The second-order valence-electron chi connectivity index (χ2n) is 4.38. The molecule has 4 nitrogen and oxygen atoms in total. The van der Waals surface area contributed by atoms with Crippen LogP contribution in [0.25, 0.3) is 6.08 Å². The Bertz CT molecular complexity index is 763. The first-order valence-corrected chi connectivity index (χ1v) is 6.46. The van der Waals surface area contributed by atoms with Crippen LogP contribution in [0.2, 0.25) is 0 Å². The third-order valence-corrected chi connectivity index (χ3v) is 2.89. The molecule has 1 N–H and O–H groups in total. The summed E-state index contributed by atoms with van der Waals surface area (Å²) in [5, 5.41) is 11.5. The summed E-state index contributed by atoms with van der Waals surface area (Å²) in [6.07, 6.45) is 1.42. The fraction of sp³-hybridized carbons (Fsp3) is 0.0588. The monoisotopic (exact) mass is 296 g/mol. The quantitative estimate of drug-likeness (QED) is 0.695. The van der Waals surface area contributed by atoms with Crippen LogP contribution in [0.1, 0.15) is 5.56 Å². The van der Waals surface area contributed by atoms with Crippen molar-refractivity contribution in [3.63, 3.8) is 0 Å². The Morgan fingerprint density at radius 2 is 2.05 bits per heavy atom. The van der Waals surface area contributed by atoms with Crippen LogP contribution < -0.4 is 10.1 Å². The van der Waals surface area contributed by atoms with Gasteiger partial charge in [0.15, 0.2) is 0 Å². The zero-order valence-electron chi connectivity index (χ0n) is 11.8. The number of hydrogen-bond donors (Lipinski definition) is 1. The van der Waals surface area contributed by atoms with Crippen LogP contribution in [-0.4, -0.2) is 13.0 Å². The second kappa shape index (κ2) is 7.04. The van der Waals surface area contributed by atoms with Gasteiger partial charge in [-0.1, -0.05) is 24.3 Å². The van der Waals surface area contributed by atoms with Gasteiger partial charge in [0.1, 0.15) is 23.2 Å². The van der Waals surface area contributed by atoms with Gasteiger partial charge in [-0.15, -0.1) is 0 Å². The van der Waals surface area contributed by atoms with Gasteiger partial charge in [-0.2, -0.15) is 5.26 Å². The molecule has 0 bridgehead atoms. The van der Waals surface area contributed by atoms with E-state index in [0.29, 0.717) is 11.3 Å². The Kier molecular flexibility index (Phi) is 4.89. The molecule has 1 amide bonds. The summed E-state index contributed by atoms with van der Waals surface area (Å²) in [6.45, 7) is 0. The summed E-state index contributed by atoms with van der Waals surface area (Å²) in [6, 6.07) is 14.5. The normalized spacial score (nSPS) is 10.7. The molecule has 2 aromatic carbocycles. The number of carbonyl (C=O) groups excluding carboxylic acids is 1. The van der Waals surface area contributed by atoms with Crippen molar-refractivity contribution in [1.82, 2.24) is 0 Å². The molecular weight excluding hydrogens is 283 g/mol. The molecule has 0 atom stereocenters. The van der Waals surface area contributed by atoms with Gasteiger partial charge in [-0.3, -0.25) is 4.79 Å². The molecule has 0 aliphatic heterocycles. The Morgan fingerprint density at radius 3 is 2.73 bits per heavy atom. The first-order valence-electron chi connectivity index (χ1n) is 6.46. The van der Waals surface area contributed by atoms with E-state index in [1.54, 1.807) is 30.3 Å². The molecule has 5 heteroatoms. The van der Waals surface area contributed by atoms with Crippen molar-refractivity contribution in [2.45, 2.75) is 0 Å². The molecule has 0 heterocycles. The number of benzene rings is 2. The van der Waals surface area contributed by atoms with Crippen molar-refractivity contribution >= 4 is 17.7 Å². The number of amides is 1. The number of nitrogens with zero attached hydrogens (tertiary/aromatic N) is 1. The molecule has 0 saturated carbocycles. The van der Waals surface area contributed by atoms with Gasteiger partial charge in [-0.05, 0) is 35.9 Å². The van der Waals surface area contributed by atoms with Crippen LogP contribution in [-0.2, 0) is 4.79 Å². The summed E-state index contributed by atoms with van der Waals surface area (Å²) in [7, 11) is 1.53. The highest BCUT2D eigenvalue weighted by Crippen LogP contribution is 2.17. The van der Waals surface area contributed by atoms with Crippen LogP contribution in [0.5, 0.6) is 5.75 Å². The predicted octanol–water partition coefficient (Wildman–Crippen LogP) is 3.38. The molecule has 0 aliphatic carbocycles. The zero-order chi connectivity index (χ0) is 15.9. The maximum atomic E-state index is 13.5. The number of methoxy groups -OCH3 is 1. The molecule has 0 radical (unpaired) electrons. The predicted molar refractivity (Wildman–Crippen MR) is 81.6 cm³/mol. The Balaban J connectivity index is 2.24. The SMILES string of the molecule is COc1cccc(/C=C(\C#N)C(=O)Nc2ccccc2F)c1. The standard InChI is InChI=1S/C17H13FN2O2/c1-22-14-6-4-5-12(10-14)9-13(11-19)17(21)20-16-8-3-2-7-15(16)18/h2-10H,1H3,(H,20,21)/b13-9+. The van der Waals surface area contributed by atoms with E-state index in [2.05, 4.69) is 5.32 Å². The van der Waals surface area contributed by atoms with Gasteiger partial charge in [0.2, 0.25) is 0 Å². The van der Waals surface area contributed by atoms with E-state index in [4.69, 9.17) is 10.00 Å². The third kappa shape index (κ3) is 3.70. The summed E-state index contributed by atoms with van der Waals surface area (Å²) >= 11 is 0. The third-order valence-electron chi connectivity index (χ3n) is 2.89. The lowest BCUT2D eigenvalue weighted by Crippen LogP contribution is -2.14. The minimum atomic E-state index is -0.671. The summed E-state index contributed by atoms with van der Waals surface area (Å²) in [5.41, 5.74) is 0.537. The molecule has 22 heavy (non-hydrogen) atoms. The van der Waals surface area contributed by atoms with E-state index in [9.17, 15) is 9.18 Å². The average Bonchev–Trinajstić information content (AvgIpc) is 2.54. The molecule has 0 spiro atoms. The fourth-order valence-corrected chi connectivity index (χ4v) is 1.80. The minimum Gasteiger partial charge on any atom is -0.497 e. The molecular formula is C17H13FN2O2. The molecule has 0 aromatic heterocycles. The maximum absolute atomic E-state index is 13.5. The number of hydrogen-bond acceptors (Lipinski definition) is 3. The van der Waals surface area contributed by atoms with Gasteiger partial charge in [0.25, 0.3) is 5.91 Å².